The van der Waals surface area contributed by atoms with Crippen LogP contribution in [0.15, 0.2) is 83.3 Å². The van der Waals surface area contributed by atoms with E-state index >= 15 is 0 Å². The van der Waals surface area contributed by atoms with Gasteiger partial charge in [-0.2, -0.15) is 0 Å². The number of hydrogen-bond acceptors (Lipinski definition) is 4. The first kappa shape index (κ1) is 23.4. The first-order chi connectivity index (χ1) is 16.5. The van der Waals surface area contributed by atoms with Crippen LogP contribution in [0.25, 0.3) is 11.3 Å². The molecule has 4 rings (SSSR count). The number of aryl methyl sites for hydroxylation is 2. The minimum absolute atomic E-state index is 0. The lowest BCUT2D eigenvalue weighted by Crippen LogP contribution is -2.08. The van der Waals surface area contributed by atoms with Gasteiger partial charge < -0.3 is 13.9 Å². The molecule has 0 aliphatic rings. The van der Waals surface area contributed by atoms with Crippen LogP contribution >= 0.6 is 0 Å². The highest BCUT2D eigenvalue weighted by Crippen LogP contribution is 2.26. The van der Waals surface area contributed by atoms with Gasteiger partial charge in [0.25, 0.3) is 0 Å². The van der Waals surface area contributed by atoms with Crippen molar-refractivity contribution in [2.24, 2.45) is 0 Å². The molecule has 0 saturated carbocycles. The summed E-state index contributed by atoms with van der Waals surface area (Å²) in [7, 11) is 0. The van der Waals surface area contributed by atoms with Crippen LogP contribution in [0, 0.1) is 13.8 Å². The van der Waals surface area contributed by atoms with Crippen LogP contribution in [-0.4, -0.2) is 12.4 Å². The molecule has 4 nitrogen and oxygen atoms in total. The molecule has 0 unspecified atom stereocenters. The predicted octanol–water partition coefficient (Wildman–Crippen LogP) is 7.60. The van der Waals surface area contributed by atoms with E-state index in [0.717, 1.165) is 51.5 Å². The molecule has 0 spiro atoms. The Morgan fingerprint density at radius 2 is 1.59 bits per heavy atom. The van der Waals surface area contributed by atoms with Gasteiger partial charge in [-0.05, 0) is 43.2 Å². The second-order valence-corrected chi connectivity index (χ2v) is 8.31. The van der Waals surface area contributed by atoms with Crippen molar-refractivity contribution in [3.8, 4) is 22.8 Å². The van der Waals surface area contributed by atoms with Crippen LogP contribution in [0.4, 0.5) is 0 Å². The van der Waals surface area contributed by atoms with Gasteiger partial charge in [-0.15, -0.1) is 0 Å². The number of carbonyl (C=O) groups is 1. The van der Waals surface area contributed by atoms with E-state index in [-0.39, 0.29) is 7.21 Å². The van der Waals surface area contributed by atoms with Crippen LogP contribution in [-0.2, 0) is 13.0 Å². The molecule has 4 aromatic rings. The Kier molecular flexibility index (Phi) is 7.48. The van der Waals surface area contributed by atoms with Crippen molar-refractivity contribution >= 4 is 5.78 Å². The summed E-state index contributed by atoms with van der Waals surface area (Å²) >= 11 is 0. The number of rotatable bonds is 10. The van der Waals surface area contributed by atoms with E-state index in [0.29, 0.717) is 25.4 Å². The molecule has 0 aliphatic heterocycles. The van der Waals surface area contributed by atoms with Gasteiger partial charge >= 0.3 is 0 Å². The molecule has 0 amide bonds. The topological polar surface area (TPSA) is 48.7 Å². The van der Waals surface area contributed by atoms with Gasteiger partial charge in [0.1, 0.15) is 29.6 Å². The largest absolute Gasteiger partial charge is 0.493 e. The Labute approximate surface area is 202 Å². The highest BCUT2D eigenvalue weighted by atomic mass is 16.5. The Morgan fingerprint density at radius 3 is 2.35 bits per heavy atom. The second kappa shape index (κ2) is 10.9. The molecule has 0 fully saturated rings. The molecule has 3 aromatic carbocycles. The van der Waals surface area contributed by atoms with Crippen LogP contribution in [0.5, 0.6) is 11.5 Å². The van der Waals surface area contributed by atoms with Crippen molar-refractivity contribution in [3.63, 3.8) is 0 Å². The fourth-order valence-electron chi connectivity index (χ4n) is 4.03. The first-order valence-corrected chi connectivity index (χ1v) is 11.7. The summed E-state index contributed by atoms with van der Waals surface area (Å²) in [5.74, 6) is 3.38. The lowest BCUT2D eigenvalue weighted by atomic mass is 9.97. The quantitative estimate of drug-likeness (QED) is 0.231. The molecule has 0 bridgehead atoms. The van der Waals surface area contributed by atoms with E-state index in [9.17, 15) is 4.79 Å². The summed E-state index contributed by atoms with van der Waals surface area (Å²) in [5.41, 5.74) is 4.86. The molecule has 0 N–H and O–H groups in total. The second-order valence-electron chi connectivity index (χ2n) is 8.31. The molecule has 0 aliphatic carbocycles. The average molecular weight is 457 g/mol. The van der Waals surface area contributed by atoms with Crippen LogP contribution in [0.3, 0.4) is 0 Å². The number of ether oxygens (including phenoxy) is 2. The summed E-state index contributed by atoms with van der Waals surface area (Å²) in [6.07, 6.45) is 1.23. The van der Waals surface area contributed by atoms with E-state index in [4.69, 9.17) is 13.9 Å². The maximum Gasteiger partial charge on any atom is 0.163 e. The Balaban J connectivity index is 0.00000342. The molecule has 176 valence electrons. The zero-order chi connectivity index (χ0) is 23.9. The fraction of sp³-hybridized carbons (Fsp3) is 0.233. The minimum atomic E-state index is 0. The molecule has 34 heavy (non-hydrogen) atoms. The molecular weight excluding hydrogens is 424 g/mol. The molecular formula is C30H32O4. The van der Waals surface area contributed by atoms with Gasteiger partial charge in [-0.3, -0.25) is 4.79 Å². The minimum Gasteiger partial charge on any atom is -0.493 e. The molecule has 1 heterocycles. The van der Waals surface area contributed by atoms with Gasteiger partial charge in [0.15, 0.2) is 5.78 Å². The number of furan rings is 1. The standard InChI is InChI=1S/C30H30O4.H2/c1-4-28(31)30-21(2)10-8-13-25(30)20-33-27-15-9-14-26(19-27)32-17-16-24-18-29(34-22(24)3)23-11-6-5-7-12-23;/h5-15,18-19H,4,16-17,20H2,1-3H3;1H. The van der Waals surface area contributed by atoms with Crippen LogP contribution in [0.2, 0.25) is 0 Å². The Hall–Kier alpha value is -3.79. The zero-order valence-corrected chi connectivity index (χ0v) is 20.0. The van der Waals surface area contributed by atoms with E-state index in [1.165, 1.54) is 0 Å². The molecule has 0 atom stereocenters. The summed E-state index contributed by atoms with van der Waals surface area (Å²) in [4.78, 5) is 12.4. The summed E-state index contributed by atoms with van der Waals surface area (Å²) in [5, 5.41) is 0. The van der Waals surface area contributed by atoms with Crippen molar-refractivity contribution in [2.45, 2.75) is 40.2 Å². The lowest BCUT2D eigenvalue weighted by molar-refractivity contribution is 0.0985. The van der Waals surface area contributed by atoms with Gasteiger partial charge in [0.05, 0.1) is 6.61 Å². The SMILES string of the molecule is CCC(=O)c1c(C)cccc1COc1cccc(OCCc2cc(-c3ccccc3)oc2C)c1.[HH]. The fourth-order valence-corrected chi connectivity index (χ4v) is 4.03. The molecule has 0 radical (unpaired) electrons. The van der Waals surface area contributed by atoms with Gasteiger partial charge in [0, 0.05) is 37.0 Å². The number of ketones is 1. The maximum absolute atomic E-state index is 12.4. The van der Waals surface area contributed by atoms with Crippen LogP contribution in [0.1, 0.15) is 47.6 Å². The summed E-state index contributed by atoms with van der Waals surface area (Å²) in [6, 6.07) is 25.7. The van der Waals surface area contributed by atoms with Gasteiger partial charge in [0.2, 0.25) is 0 Å². The number of benzene rings is 3. The molecule has 0 saturated heterocycles. The summed E-state index contributed by atoms with van der Waals surface area (Å²) < 4.78 is 17.9. The zero-order valence-electron chi connectivity index (χ0n) is 20.0. The molecule has 4 heteroatoms. The highest BCUT2D eigenvalue weighted by molar-refractivity contribution is 5.98. The maximum atomic E-state index is 12.4. The van der Waals surface area contributed by atoms with Crippen molar-refractivity contribution in [3.05, 3.63) is 107 Å². The third-order valence-electron chi connectivity index (χ3n) is 5.88. The average Bonchev–Trinajstić information content (AvgIpc) is 3.23. The molecule has 1 aromatic heterocycles. The van der Waals surface area contributed by atoms with Crippen molar-refractivity contribution < 1.29 is 20.1 Å². The van der Waals surface area contributed by atoms with Crippen molar-refractivity contribution in [1.82, 2.24) is 0 Å². The lowest BCUT2D eigenvalue weighted by Gasteiger charge is -2.13. The Morgan fingerprint density at radius 1 is 0.853 bits per heavy atom. The Bertz CT molecular complexity index is 1260. The number of carbonyl (C=O) groups excluding carboxylic acids is 1. The normalized spacial score (nSPS) is 10.8. The van der Waals surface area contributed by atoms with E-state index < -0.39 is 0 Å². The number of hydrogen-bond donors (Lipinski definition) is 0. The first-order valence-electron chi connectivity index (χ1n) is 11.7. The number of Topliss-reactive ketones (excluding diaryl/α,β-unsaturated/α-hetero) is 1. The van der Waals surface area contributed by atoms with E-state index in [1.807, 2.05) is 93.6 Å². The predicted molar refractivity (Wildman–Crippen MR) is 137 cm³/mol. The third-order valence-corrected chi connectivity index (χ3v) is 5.88. The van der Waals surface area contributed by atoms with Gasteiger partial charge in [-0.25, -0.2) is 0 Å². The van der Waals surface area contributed by atoms with Crippen molar-refractivity contribution in [2.75, 3.05) is 6.61 Å². The van der Waals surface area contributed by atoms with Gasteiger partial charge in [-0.1, -0.05) is 61.5 Å². The smallest absolute Gasteiger partial charge is 0.163 e. The van der Waals surface area contributed by atoms with Crippen molar-refractivity contribution in [1.29, 1.82) is 0 Å². The highest BCUT2D eigenvalue weighted by Gasteiger charge is 2.13. The monoisotopic (exact) mass is 456 g/mol. The van der Waals surface area contributed by atoms with Crippen LogP contribution < -0.4 is 9.47 Å². The van der Waals surface area contributed by atoms with E-state index in [1.54, 1.807) is 0 Å². The van der Waals surface area contributed by atoms with E-state index in [2.05, 4.69) is 6.07 Å². The summed E-state index contributed by atoms with van der Waals surface area (Å²) in [6.45, 7) is 6.70. The third kappa shape index (κ3) is 5.57.